The Morgan fingerprint density at radius 2 is 1.54 bits per heavy atom. The molecule has 0 saturated carbocycles. The number of para-hydroxylation sites is 1. The zero-order valence-electron chi connectivity index (χ0n) is 19.3. The van der Waals surface area contributed by atoms with Gasteiger partial charge in [-0.05, 0) is 35.2 Å². The van der Waals surface area contributed by atoms with Crippen molar-refractivity contribution in [1.29, 1.82) is 0 Å². The van der Waals surface area contributed by atoms with E-state index in [0.717, 1.165) is 17.1 Å². The number of rotatable bonds is 12. The van der Waals surface area contributed by atoms with Gasteiger partial charge in [-0.3, -0.25) is 0 Å². The number of benzene rings is 1. The van der Waals surface area contributed by atoms with Gasteiger partial charge in [0.15, 0.2) is 11.5 Å². The van der Waals surface area contributed by atoms with E-state index in [2.05, 4.69) is 54.5 Å². The largest absolute Gasteiger partial charge is 0.493 e. The quantitative estimate of drug-likeness (QED) is 0.298. The molecule has 0 atom stereocenters. The fraction of sp³-hybridized carbons (Fsp3) is 0.652. The second kappa shape index (κ2) is 11.6. The highest BCUT2D eigenvalue weighted by Crippen LogP contribution is 2.42. The molecule has 0 aliphatic heterocycles. The van der Waals surface area contributed by atoms with Gasteiger partial charge in [-0.25, -0.2) is 0 Å². The number of allylic oxidation sites excluding steroid dienone is 1. The van der Waals surface area contributed by atoms with Crippen LogP contribution in [0.5, 0.6) is 11.5 Å². The van der Waals surface area contributed by atoms with E-state index in [0.29, 0.717) is 36.4 Å². The minimum absolute atomic E-state index is 0.471. The number of ether oxygens (including phenoxy) is 3. The van der Waals surface area contributed by atoms with Gasteiger partial charge in [-0.2, -0.15) is 0 Å². The second-order valence-electron chi connectivity index (χ2n) is 8.20. The molecular weight excluding hydrogens is 368 g/mol. The predicted octanol–water partition coefficient (Wildman–Crippen LogP) is 6.36. The van der Waals surface area contributed by atoms with E-state index in [9.17, 15) is 0 Å². The molecule has 0 aliphatic rings. The Labute approximate surface area is 173 Å². The van der Waals surface area contributed by atoms with Crippen LogP contribution in [0.4, 0.5) is 0 Å². The van der Waals surface area contributed by atoms with Crippen molar-refractivity contribution in [1.82, 2.24) is 0 Å². The van der Waals surface area contributed by atoms with E-state index >= 15 is 0 Å². The Morgan fingerprint density at radius 3 is 2.00 bits per heavy atom. The first-order chi connectivity index (χ1) is 13.2. The first kappa shape index (κ1) is 24.7. The van der Waals surface area contributed by atoms with E-state index in [1.54, 1.807) is 14.2 Å². The molecule has 0 heterocycles. The average molecular weight is 409 g/mol. The minimum Gasteiger partial charge on any atom is -0.493 e. The Kier molecular flexibility index (Phi) is 10.3. The van der Waals surface area contributed by atoms with Gasteiger partial charge in [0.1, 0.15) is 0 Å². The maximum atomic E-state index is 6.70. The summed E-state index contributed by atoms with van der Waals surface area (Å²) in [5, 5.41) is 0. The van der Waals surface area contributed by atoms with Crippen molar-refractivity contribution < 1.29 is 18.6 Å². The van der Waals surface area contributed by atoms with Crippen molar-refractivity contribution >= 4 is 8.32 Å². The maximum absolute atomic E-state index is 6.70. The van der Waals surface area contributed by atoms with Crippen molar-refractivity contribution in [2.75, 3.05) is 27.4 Å². The molecule has 160 valence electrons. The Bertz CT molecular complexity index is 601. The fourth-order valence-electron chi connectivity index (χ4n) is 4.29. The van der Waals surface area contributed by atoms with Crippen LogP contribution in [0.15, 0.2) is 29.8 Å². The lowest BCUT2D eigenvalue weighted by Crippen LogP contribution is -2.48. The number of hydrogen-bond acceptors (Lipinski definition) is 4. The molecule has 4 nitrogen and oxygen atoms in total. The number of hydrogen-bond donors (Lipinski definition) is 0. The second-order valence-corrected chi connectivity index (χ2v) is 13.7. The van der Waals surface area contributed by atoms with Crippen molar-refractivity contribution in [3.05, 3.63) is 35.4 Å². The highest BCUT2D eigenvalue weighted by atomic mass is 28.4. The topological polar surface area (TPSA) is 36.9 Å². The molecule has 0 amide bonds. The summed E-state index contributed by atoms with van der Waals surface area (Å²) in [5.74, 6) is 1.45. The van der Waals surface area contributed by atoms with Gasteiger partial charge < -0.3 is 18.6 Å². The molecule has 0 bridgehead atoms. The molecule has 0 radical (unpaired) electrons. The monoisotopic (exact) mass is 408 g/mol. The van der Waals surface area contributed by atoms with Gasteiger partial charge >= 0.3 is 0 Å². The lowest BCUT2D eigenvalue weighted by molar-refractivity contribution is 0.131. The van der Waals surface area contributed by atoms with Crippen molar-refractivity contribution in [3.63, 3.8) is 0 Å². The lowest BCUT2D eigenvalue weighted by atomic mass is 10.2. The van der Waals surface area contributed by atoms with Crippen LogP contribution in [0.2, 0.25) is 16.6 Å². The van der Waals surface area contributed by atoms with Gasteiger partial charge in [-0.15, -0.1) is 0 Å². The maximum Gasteiger partial charge on any atom is 0.200 e. The van der Waals surface area contributed by atoms with Crippen LogP contribution in [0.3, 0.4) is 0 Å². The molecule has 0 aliphatic carbocycles. The molecule has 0 fully saturated rings. The van der Waals surface area contributed by atoms with Crippen LogP contribution < -0.4 is 9.47 Å². The van der Waals surface area contributed by atoms with Gasteiger partial charge in [0.25, 0.3) is 0 Å². The summed E-state index contributed by atoms with van der Waals surface area (Å²) < 4.78 is 23.5. The van der Waals surface area contributed by atoms with Crippen LogP contribution in [-0.2, 0) is 15.8 Å². The molecule has 5 heteroatoms. The summed E-state index contributed by atoms with van der Waals surface area (Å²) in [6, 6.07) is 5.84. The van der Waals surface area contributed by atoms with Crippen LogP contribution in [0, 0.1) is 0 Å². The summed E-state index contributed by atoms with van der Waals surface area (Å²) in [5.41, 5.74) is 3.89. The molecule has 0 saturated heterocycles. The molecule has 28 heavy (non-hydrogen) atoms. The Balaban J connectivity index is 2.74. The van der Waals surface area contributed by atoms with E-state index in [1.165, 1.54) is 5.57 Å². The molecule has 1 aromatic rings. The van der Waals surface area contributed by atoms with Crippen LogP contribution in [0.25, 0.3) is 0 Å². The Hall–Kier alpha value is -1.30. The number of methoxy groups -OCH3 is 2. The third-order valence-electron chi connectivity index (χ3n) is 5.65. The average Bonchev–Trinajstić information content (AvgIpc) is 2.65. The summed E-state index contributed by atoms with van der Waals surface area (Å²) in [6.45, 7) is 17.6. The van der Waals surface area contributed by atoms with Crippen LogP contribution >= 0.6 is 0 Å². The molecular formula is C23H40O4Si. The summed E-state index contributed by atoms with van der Waals surface area (Å²) in [7, 11) is 1.43. The summed E-state index contributed by atoms with van der Waals surface area (Å²) in [6.07, 6.45) is 2.11. The molecule has 0 unspecified atom stereocenters. The molecule has 0 aromatic heterocycles. The van der Waals surface area contributed by atoms with Gasteiger partial charge in [0, 0.05) is 5.56 Å². The molecule has 1 rings (SSSR count). The first-order valence-electron chi connectivity index (χ1n) is 10.3. The SMILES string of the molecule is C/C=C(\COCc1cccc(OC)c1OC)CO[Si](C(C)C)(C(C)C)C(C)C. The third-order valence-corrected chi connectivity index (χ3v) is 11.7. The molecule has 0 N–H and O–H groups in total. The summed E-state index contributed by atoms with van der Waals surface area (Å²) in [4.78, 5) is 0. The highest BCUT2D eigenvalue weighted by molar-refractivity contribution is 6.77. The fourth-order valence-corrected chi connectivity index (χ4v) is 9.72. The standard InChI is InChI=1S/C23H40O4Si/c1-10-20(15-27-28(17(2)3,18(4)5)19(6)7)14-26-16-21-12-11-13-22(24-8)23(21)25-9/h10-13,17-19H,14-16H2,1-9H3/b20-10+. The minimum atomic E-state index is -1.87. The zero-order valence-corrected chi connectivity index (χ0v) is 20.3. The third kappa shape index (κ3) is 5.85. The smallest absolute Gasteiger partial charge is 0.200 e. The first-order valence-corrected chi connectivity index (χ1v) is 12.4. The van der Waals surface area contributed by atoms with Crippen LogP contribution in [0.1, 0.15) is 54.0 Å². The summed E-state index contributed by atoms with van der Waals surface area (Å²) >= 11 is 0. The van der Waals surface area contributed by atoms with Crippen molar-refractivity contribution in [2.24, 2.45) is 0 Å². The van der Waals surface area contributed by atoms with E-state index in [-0.39, 0.29) is 0 Å². The molecule has 0 spiro atoms. The zero-order chi connectivity index (χ0) is 21.3. The van der Waals surface area contributed by atoms with E-state index in [1.807, 2.05) is 18.2 Å². The van der Waals surface area contributed by atoms with Gasteiger partial charge in [0.05, 0.1) is 34.0 Å². The van der Waals surface area contributed by atoms with Gasteiger partial charge in [-0.1, -0.05) is 59.8 Å². The van der Waals surface area contributed by atoms with E-state index < -0.39 is 8.32 Å². The van der Waals surface area contributed by atoms with Crippen molar-refractivity contribution in [2.45, 2.75) is 71.7 Å². The Morgan fingerprint density at radius 1 is 0.929 bits per heavy atom. The highest BCUT2D eigenvalue weighted by Gasteiger charge is 2.45. The lowest BCUT2D eigenvalue weighted by Gasteiger charge is -2.42. The van der Waals surface area contributed by atoms with Crippen LogP contribution in [-0.4, -0.2) is 35.8 Å². The predicted molar refractivity (Wildman–Crippen MR) is 120 cm³/mol. The van der Waals surface area contributed by atoms with Gasteiger partial charge in [0.2, 0.25) is 8.32 Å². The van der Waals surface area contributed by atoms with E-state index in [4.69, 9.17) is 18.6 Å². The normalized spacial score (nSPS) is 12.9. The molecule has 1 aromatic carbocycles. The van der Waals surface area contributed by atoms with Crippen molar-refractivity contribution in [3.8, 4) is 11.5 Å².